The normalized spacial score (nSPS) is 25.8. The van der Waals surface area contributed by atoms with Gasteiger partial charge >= 0.3 is 12.1 Å². The van der Waals surface area contributed by atoms with E-state index in [9.17, 15) is 50.3 Å². The van der Waals surface area contributed by atoms with E-state index in [4.69, 9.17) is 25.7 Å². The van der Waals surface area contributed by atoms with Gasteiger partial charge in [0, 0.05) is 30.8 Å². The fraction of sp³-hybridized carbons (Fsp3) is 0.674. The third-order valence-corrected chi connectivity index (χ3v) is 12.1. The monoisotopic (exact) mass is 961 g/mol. The molecule has 0 bridgehead atoms. The number of amides is 4. The molecule has 2 aromatic rings. The van der Waals surface area contributed by atoms with Gasteiger partial charge in [0.1, 0.15) is 40.6 Å². The number of nitrogens with zero attached hydrogens (tertiary/aromatic N) is 2. The van der Waals surface area contributed by atoms with E-state index in [1.807, 2.05) is 6.07 Å². The van der Waals surface area contributed by atoms with Crippen LogP contribution in [0.5, 0.6) is 11.6 Å². The number of nitrogens with one attached hydrogen (secondary N) is 2. The first kappa shape index (κ1) is 53.7. The maximum absolute atomic E-state index is 14.2. The zero-order valence-electron chi connectivity index (χ0n) is 38.5. The fourth-order valence-corrected chi connectivity index (χ4v) is 7.99. The van der Waals surface area contributed by atoms with E-state index in [1.54, 1.807) is 80.0 Å². The Bertz CT molecular complexity index is 2120. The molecule has 1 saturated heterocycles. The molecule has 6 rings (SSSR count). The highest BCUT2D eigenvalue weighted by molar-refractivity contribution is 7.74. The minimum absolute atomic E-state index is 0.0105. The van der Waals surface area contributed by atoms with Crippen LogP contribution >= 0.6 is 0 Å². The summed E-state index contributed by atoms with van der Waals surface area (Å²) in [5.41, 5.74) is 6.29. The van der Waals surface area contributed by atoms with Gasteiger partial charge in [-0.05, 0) is 100 Å². The van der Waals surface area contributed by atoms with Crippen molar-refractivity contribution in [3.05, 3.63) is 30.5 Å². The van der Waals surface area contributed by atoms with Gasteiger partial charge in [0.25, 0.3) is 0 Å². The van der Waals surface area contributed by atoms with Crippen LogP contribution in [0.3, 0.4) is 0 Å². The molecule has 1 aromatic carbocycles. The first-order valence-electron chi connectivity index (χ1n) is 21.2. The van der Waals surface area contributed by atoms with Gasteiger partial charge in [-0.1, -0.05) is 20.8 Å². The number of hydrogen-bond donors (Lipinski definition) is 4. The number of alkyl carbamates (subject to hydrolysis) is 1. The summed E-state index contributed by atoms with van der Waals surface area (Å²) in [6.07, 6.45) is -4.01. The smallest absolute Gasteiger partial charge is 0.408 e. The number of aromatic nitrogens is 1. The summed E-state index contributed by atoms with van der Waals surface area (Å²) in [5.74, 6) is -3.18. The Morgan fingerprint density at radius 1 is 0.985 bits per heavy atom. The molecule has 3 saturated carbocycles. The molecule has 3 aliphatic carbocycles. The van der Waals surface area contributed by atoms with Gasteiger partial charge < -0.3 is 50.5 Å². The number of hydrogen-bond acceptors (Lipinski definition) is 14. The molecule has 4 aliphatic rings. The van der Waals surface area contributed by atoms with Crippen molar-refractivity contribution >= 4 is 51.9 Å². The van der Waals surface area contributed by atoms with E-state index < -0.39 is 113 Å². The number of carbonyl (C=O) groups excluding carboxylic acids is 5. The highest BCUT2D eigenvalue weighted by atomic mass is 32.2. The van der Waals surface area contributed by atoms with E-state index in [0.717, 1.165) is 18.2 Å². The third-order valence-electron chi connectivity index (χ3n) is 11.6. The number of halogens is 4. The van der Waals surface area contributed by atoms with Crippen LogP contribution in [0.2, 0.25) is 0 Å². The molecule has 23 heteroatoms. The summed E-state index contributed by atoms with van der Waals surface area (Å²) in [7, 11) is 2.76. The molecule has 4 amide bonds. The Balaban J connectivity index is 0.000000388. The second kappa shape index (κ2) is 21.0. The summed E-state index contributed by atoms with van der Waals surface area (Å²) in [6, 6.07) is 4.83. The predicted molar refractivity (Wildman–Crippen MR) is 230 cm³/mol. The van der Waals surface area contributed by atoms with Crippen molar-refractivity contribution in [1.82, 2.24) is 20.5 Å². The van der Waals surface area contributed by atoms with Crippen molar-refractivity contribution < 1.29 is 73.4 Å². The molecule has 2 heterocycles. The molecule has 0 radical (unpaired) electrons. The molecule has 8 atom stereocenters. The number of fused-ring (bicyclic) bond motifs is 1. The van der Waals surface area contributed by atoms with E-state index in [-0.39, 0.29) is 37.3 Å². The second-order valence-corrected chi connectivity index (χ2v) is 19.9. The summed E-state index contributed by atoms with van der Waals surface area (Å²) < 4.78 is 95.5. The molecule has 370 valence electrons. The van der Waals surface area contributed by atoms with Gasteiger partial charge in [0.05, 0.1) is 37.7 Å². The summed E-state index contributed by atoms with van der Waals surface area (Å²) in [5, 5.41) is 6.71. The number of carbonyl (C=O) groups is 5. The first-order valence-corrected chi connectivity index (χ1v) is 22.2. The molecule has 4 fully saturated rings. The number of rotatable bonds is 15. The fourth-order valence-electron chi connectivity index (χ4n) is 7.49. The number of nitrogens with two attached hydrogens (primary N) is 2. The largest absolute Gasteiger partial charge is 0.750 e. The van der Waals surface area contributed by atoms with Crippen molar-refractivity contribution in [2.75, 3.05) is 20.8 Å². The Morgan fingerprint density at radius 3 is 2.11 bits per heavy atom. The van der Waals surface area contributed by atoms with Crippen LogP contribution < -0.4 is 31.6 Å². The molecule has 1 unspecified atom stereocenters. The van der Waals surface area contributed by atoms with Crippen LogP contribution in [0.15, 0.2) is 30.5 Å². The minimum Gasteiger partial charge on any atom is -0.750 e. The Hall–Kier alpha value is -4.87. The van der Waals surface area contributed by atoms with Crippen molar-refractivity contribution in [3.63, 3.8) is 0 Å². The third kappa shape index (κ3) is 14.3. The van der Waals surface area contributed by atoms with Crippen LogP contribution in [0.4, 0.5) is 22.4 Å². The molecular weight excluding hydrogens is 901 g/mol. The van der Waals surface area contributed by atoms with Crippen LogP contribution in [0, 0.1) is 17.3 Å². The van der Waals surface area contributed by atoms with Gasteiger partial charge in [-0.25, -0.2) is 31.5 Å². The number of likely N-dealkylation sites (tertiary alicyclic amines) is 1. The maximum Gasteiger partial charge on any atom is 0.408 e. The number of alkyl halides is 4. The summed E-state index contributed by atoms with van der Waals surface area (Å²) in [4.78, 5) is 69.7. The van der Waals surface area contributed by atoms with Gasteiger partial charge in [0.15, 0.2) is 0 Å². The Labute approximate surface area is 383 Å². The zero-order chi connectivity index (χ0) is 49.7. The highest BCUT2D eigenvalue weighted by Gasteiger charge is 2.62. The second-order valence-electron chi connectivity index (χ2n) is 19.3. The average molecular weight is 962 g/mol. The summed E-state index contributed by atoms with van der Waals surface area (Å²) in [6.45, 7) is 12.0. The lowest BCUT2D eigenvalue weighted by Crippen LogP contribution is -2.60. The van der Waals surface area contributed by atoms with E-state index in [1.165, 1.54) is 12.0 Å². The molecule has 66 heavy (non-hydrogen) atoms. The van der Waals surface area contributed by atoms with Gasteiger partial charge in [0.2, 0.25) is 36.5 Å². The number of pyridine rings is 1. The van der Waals surface area contributed by atoms with Crippen LogP contribution in [0.1, 0.15) is 93.4 Å². The Morgan fingerprint density at radius 2 is 1.61 bits per heavy atom. The number of methoxy groups -OCH3 is 2. The molecule has 1 aromatic heterocycles. The highest BCUT2D eigenvalue weighted by Crippen LogP contribution is 2.48. The van der Waals surface area contributed by atoms with Crippen molar-refractivity contribution in [1.29, 1.82) is 0 Å². The number of ether oxygens (including phenoxy) is 4. The number of primary amides is 1. The van der Waals surface area contributed by atoms with Crippen LogP contribution in [0.25, 0.3) is 10.8 Å². The molecule has 6 N–H and O–H groups in total. The molecular formula is C43H61F4N6O12S-. The maximum atomic E-state index is 14.2. The standard InChI is InChI=1S/C32H43F2N5O7.C7H11F2NO2.C4H8O3S/c1-30(2,3)24(37-29(43)46-31(4,5)6)27(41)39-16-20(45-26-21-9-8-19(44-7)12-17(21)10-11-36-26)14-22(39)25(40)38-32(28(35)42)15-18(32)13-23(33)34;1-12-6(11)7(10)3-4(7)2-5(8)9;1-4(2-3-4)7-8(5)6/h8-12,18,20,22-24H,13-16H2,1-7H3,(H2,35,42)(H,37,43)(H,38,40);4-5H,2-3,10H2,1H3;2-3H2,1H3,(H,5,6)/p-1/t18-,20-,22+,24-,32-;4-,7-;/m11./s1. The number of benzene rings is 1. The van der Waals surface area contributed by atoms with E-state index in [0.29, 0.717) is 17.6 Å². The van der Waals surface area contributed by atoms with E-state index >= 15 is 0 Å². The number of esters is 1. The minimum atomic E-state index is -2.69. The van der Waals surface area contributed by atoms with Crippen LogP contribution in [-0.2, 0) is 44.2 Å². The van der Waals surface area contributed by atoms with Crippen molar-refractivity contribution in [3.8, 4) is 11.6 Å². The lowest BCUT2D eigenvalue weighted by atomic mass is 9.85. The SMILES string of the molecule is CC1(OS(=O)[O-])CC1.COC(=O)[C@@]1(N)C[C@H]1CC(F)F.COc1ccc2c(O[C@@H]3C[C@@H](C(=O)N[C@]4(C(N)=O)C[C@H]4CC(F)F)N(C(=O)[C@@H](NC(=O)OC(C)(C)C)C(C)(C)C)C3)nccc2c1. The lowest BCUT2D eigenvalue weighted by Gasteiger charge is -2.36. The van der Waals surface area contributed by atoms with Gasteiger partial charge in [-0.15, -0.1) is 0 Å². The van der Waals surface area contributed by atoms with E-state index in [2.05, 4.69) is 24.5 Å². The molecule has 1 aliphatic heterocycles. The average Bonchev–Trinajstić information content (AvgIpc) is 4.15. The lowest BCUT2D eigenvalue weighted by molar-refractivity contribution is -0.144. The quantitative estimate of drug-likeness (QED) is 0.109. The first-order chi connectivity index (χ1) is 30.5. The van der Waals surface area contributed by atoms with Crippen molar-refractivity contribution in [2.24, 2.45) is 28.7 Å². The van der Waals surface area contributed by atoms with Crippen LogP contribution in [-0.4, -0.2) is 123 Å². The zero-order valence-corrected chi connectivity index (χ0v) is 39.3. The van der Waals surface area contributed by atoms with Gasteiger partial charge in [-0.2, -0.15) is 0 Å². The predicted octanol–water partition coefficient (Wildman–Crippen LogP) is 4.43. The molecule has 0 spiro atoms. The van der Waals surface area contributed by atoms with Gasteiger partial charge in [-0.3, -0.25) is 23.4 Å². The topological polar surface area (TPSA) is 264 Å². The molecule has 18 nitrogen and oxygen atoms in total. The summed E-state index contributed by atoms with van der Waals surface area (Å²) >= 11 is -2.32. The van der Waals surface area contributed by atoms with Crippen molar-refractivity contribution in [2.45, 2.75) is 147 Å². The Kier molecular flexibility index (Phi) is 17.1.